The summed E-state index contributed by atoms with van der Waals surface area (Å²) in [6.07, 6.45) is 2.03. The van der Waals surface area contributed by atoms with Crippen molar-refractivity contribution >= 4 is 23.5 Å². The van der Waals surface area contributed by atoms with Crippen molar-refractivity contribution in [1.29, 1.82) is 0 Å². The summed E-state index contributed by atoms with van der Waals surface area (Å²) in [5, 5.41) is 36.5. The topological polar surface area (TPSA) is 133 Å². The second kappa shape index (κ2) is 11.3. The Morgan fingerprint density at radius 3 is 2.66 bits per heavy atom. The molecule has 2 heterocycles. The Hall–Kier alpha value is -2.58. The molecule has 172 valence electrons. The highest BCUT2D eigenvalue weighted by atomic mass is 32.2. The molecular weight excluding hydrogens is 430 g/mol. The zero-order valence-corrected chi connectivity index (χ0v) is 19.2. The van der Waals surface area contributed by atoms with E-state index in [0.717, 1.165) is 5.75 Å². The zero-order valence-electron chi connectivity index (χ0n) is 18.4. The molecule has 0 aromatic carbocycles. The molecule has 0 amide bonds. The number of aliphatic hydroxyl groups excluding tert-OH is 3. The molecule has 1 aliphatic rings. The average molecular weight is 460 g/mol. The van der Waals surface area contributed by atoms with Gasteiger partial charge in [0, 0.05) is 42.6 Å². The van der Waals surface area contributed by atoms with Crippen LogP contribution in [0.5, 0.6) is 5.88 Å². The maximum Gasteiger partial charge on any atom is 0.224 e. The standard InChI is InChI=1S/C22H29N5O4S/c1-13-16(6-4-14-5-7-18(31-2)24-11-14)21(27-22(25-13)23-8-9-32-3)26-17-10-15(12-28)19(29)20(17)30/h5,7,11,15,17,19-20,28-30H,8-10,12H2,1-3H3,(H2,23,25,26,27)/t15-,17-,19-,20+/m1/s1. The van der Waals surface area contributed by atoms with E-state index >= 15 is 0 Å². The van der Waals surface area contributed by atoms with Gasteiger partial charge in [0.2, 0.25) is 11.8 Å². The minimum Gasteiger partial charge on any atom is -0.481 e. The van der Waals surface area contributed by atoms with Gasteiger partial charge >= 0.3 is 0 Å². The summed E-state index contributed by atoms with van der Waals surface area (Å²) in [5.41, 5.74) is 1.97. The van der Waals surface area contributed by atoms with Crippen LogP contribution in [0.15, 0.2) is 18.3 Å². The summed E-state index contributed by atoms with van der Waals surface area (Å²) in [6.45, 7) is 2.36. The maximum absolute atomic E-state index is 10.4. The Bertz CT molecular complexity index is 963. The number of aliphatic hydroxyl groups is 3. The zero-order chi connectivity index (χ0) is 23.1. The fourth-order valence-corrected chi connectivity index (χ4v) is 3.81. The second-order valence-electron chi connectivity index (χ2n) is 7.53. The number of rotatable bonds is 8. The van der Waals surface area contributed by atoms with Gasteiger partial charge in [0.15, 0.2) is 0 Å². The van der Waals surface area contributed by atoms with Gasteiger partial charge in [0.05, 0.1) is 30.5 Å². The van der Waals surface area contributed by atoms with Crippen molar-refractivity contribution in [2.75, 3.05) is 42.9 Å². The molecular formula is C22H29N5O4S. The lowest BCUT2D eigenvalue weighted by Crippen LogP contribution is -2.36. The van der Waals surface area contributed by atoms with Crippen molar-refractivity contribution < 1.29 is 20.1 Å². The lowest BCUT2D eigenvalue weighted by Gasteiger charge is -2.20. The van der Waals surface area contributed by atoms with E-state index in [2.05, 4.69) is 37.4 Å². The molecule has 0 saturated heterocycles. The Kier molecular flexibility index (Phi) is 8.53. The van der Waals surface area contributed by atoms with Crippen LogP contribution in [0.4, 0.5) is 11.8 Å². The normalized spacial score (nSPS) is 22.2. The number of pyridine rings is 1. The van der Waals surface area contributed by atoms with Crippen molar-refractivity contribution in [1.82, 2.24) is 15.0 Å². The van der Waals surface area contributed by atoms with Gasteiger partial charge < -0.3 is 30.7 Å². The highest BCUT2D eigenvalue weighted by Crippen LogP contribution is 2.30. The van der Waals surface area contributed by atoms with Gasteiger partial charge in [-0.15, -0.1) is 0 Å². The number of aryl methyl sites for hydroxylation is 1. The van der Waals surface area contributed by atoms with Crippen LogP contribution in [0, 0.1) is 24.7 Å². The molecule has 32 heavy (non-hydrogen) atoms. The van der Waals surface area contributed by atoms with Crippen LogP contribution >= 0.6 is 11.8 Å². The first-order valence-corrected chi connectivity index (χ1v) is 11.7. The van der Waals surface area contributed by atoms with Crippen molar-refractivity contribution in [2.24, 2.45) is 5.92 Å². The summed E-state index contributed by atoms with van der Waals surface area (Å²) in [4.78, 5) is 13.3. The van der Waals surface area contributed by atoms with Gasteiger partial charge in [0.25, 0.3) is 0 Å². The first-order valence-electron chi connectivity index (χ1n) is 10.3. The van der Waals surface area contributed by atoms with E-state index in [1.54, 1.807) is 31.1 Å². The summed E-state index contributed by atoms with van der Waals surface area (Å²) in [6, 6.07) is 3.07. The van der Waals surface area contributed by atoms with Crippen LogP contribution in [-0.2, 0) is 0 Å². The van der Waals surface area contributed by atoms with Crippen molar-refractivity contribution in [3.63, 3.8) is 0 Å². The highest BCUT2D eigenvalue weighted by molar-refractivity contribution is 7.98. The largest absolute Gasteiger partial charge is 0.481 e. The average Bonchev–Trinajstić information content (AvgIpc) is 3.07. The molecule has 0 aliphatic heterocycles. The minimum atomic E-state index is -1.03. The molecule has 1 saturated carbocycles. The third kappa shape index (κ3) is 5.81. The molecule has 1 aliphatic carbocycles. The predicted octanol–water partition coefficient (Wildman–Crippen LogP) is 0.878. The van der Waals surface area contributed by atoms with Gasteiger partial charge in [-0.3, -0.25) is 0 Å². The Labute approximate surface area is 192 Å². The third-order valence-electron chi connectivity index (χ3n) is 5.31. The smallest absolute Gasteiger partial charge is 0.224 e. The van der Waals surface area contributed by atoms with E-state index in [4.69, 9.17) is 4.74 Å². The fourth-order valence-electron chi connectivity index (χ4n) is 3.50. The summed E-state index contributed by atoms with van der Waals surface area (Å²) >= 11 is 1.71. The first-order chi connectivity index (χ1) is 15.5. The number of nitrogens with zero attached hydrogens (tertiary/aromatic N) is 3. The van der Waals surface area contributed by atoms with Crippen molar-refractivity contribution in [2.45, 2.75) is 31.6 Å². The molecule has 0 unspecified atom stereocenters. The Morgan fingerprint density at radius 2 is 2.03 bits per heavy atom. The molecule has 2 aromatic heterocycles. The van der Waals surface area contributed by atoms with Crippen LogP contribution in [0.25, 0.3) is 0 Å². The van der Waals surface area contributed by atoms with Gasteiger partial charge in [-0.05, 0) is 25.7 Å². The van der Waals surface area contributed by atoms with E-state index in [0.29, 0.717) is 47.4 Å². The number of anilines is 2. The van der Waals surface area contributed by atoms with Crippen LogP contribution in [0.3, 0.4) is 0 Å². The Morgan fingerprint density at radius 1 is 1.22 bits per heavy atom. The van der Waals surface area contributed by atoms with E-state index in [1.165, 1.54) is 0 Å². The van der Waals surface area contributed by atoms with Crippen LogP contribution in [0.2, 0.25) is 0 Å². The highest BCUT2D eigenvalue weighted by Gasteiger charge is 2.41. The Balaban J connectivity index is 1.91. The van der Waals surface area contributed by atoms with E-state index < -0.39 is 24.2 Å². The van der Waals surface area contributed by atoms with Crippen LogP contribution in [0.1, 0.15) is 23.2 Å². The number of hydrogen-bond acceptors (Lipinski definition) is 10. The second-order valence-corrected chi connectivity index (χ2v) is 8.51. The SMILES string of the molecule is COc1ccc(C#Cc2c(C)nc(NCCSC)nc2N[C@@H]2C[C@H](CO)[C@@H](O)[C@H]2O)cn1. The van der Waals surface area contributed by atoms with Gasteiger partial charge in [-0.25, -0.2) is 9.97 Å². The maximum atomic E-state index is 10.4. The molecule has 4 atom stereocenters. The number of aromatic nitrogens is 3. The van der Waals surface area contributed by atoms with Crippen LogP contribution < -0.4 is 15.4 Å². The lowest BCUT2D eigenvalue weighted by molar-refractivity contribution is 0.00445. The molecule has 0 radical (unpaired) electrons. The fraction of sp³-hybridized carbons (Fsp3) is 0.500. The molecule has 0 bridgehead atoms. The summed E-state index contributed by atoms with van der Waals surface area (Å²) in [5.74, 6) is 8.12. The predicted molar refractivity (Wildman–Crippen MR) is 125 cm³/mol. The number of methoxy groups -OCH3 is 1. The van der Waals surface area contributed by atoms with Gasteiger partial charge in [-0.2, -0.15) is 16.7 Å². The molecule has 5 N–H and O–H groups in total. The molecule has 3 rings (SSSR count). The summed E-state index contributed by atoms with van der Waals surface area (Å²) < 4.78 is 5.07. The van der Waals surface area contributed by atoms with Gasteiger partial charge in [-0.1, -0.05) is 11.8 Å². The number of ether oxygens (including phenoxy) is 1. The van der Waals surface area contributed by atoms with E-state index in [9.17, 15) is 15.3 Å². The number of nitrogens with one attached hydrogen (secondary N) is 2. The molecule has 9 nitrogen and oxygen atoms in total. The van der Waals surface area contributed by atoms with Crippen molar-refractivity contribution in [3.05, 3.63) is 35.2 Å². The number of thioether (sulfide) groups is 1. The van der Waals surface area contributed by atoms with E-state index in [-0.39, 0.29) is 6.61 Å². The number of hydrogen-bond donors (Lipinski definition) is 5. The summed E-state index contributed by atoms with van der Waals surface area (Å²) in [7, 11) is 1.55. The minimum absolute atomic E-state index is 0.197. The van der Waals surface area contributed by atoms with E-state index in [1.807, 2.05) is 19.2 Å². The van der Waals surface area contributed by atoms with Crippen LogP contribution in [-0.4, -0.2) is 80.8 Å². The lowest BCUT2D eigenvalue weighted by atomic mass is 10.1. The van der Waals surface area contributed by atoms with Gasteiger partial charge in [0.1, 0.15) is 11.9 Å². The first kappa shape index (κ1) is 24.1. The monoisotopic (exact) mass is 459 g/mol. The molecule has 10 heteroatoms. The molecule has 0 spiro atoms. The molecule has 1 fully saturated rings. The quantitative estimate of drug-likeness (QED) is 0.286. The molecule has 2 aromatic rings. The van der Waals surface area contributed by atoms with Crippen molar-refractivity contribution in [3.8, 4) is 17.7 Å². The third-order valence-corrected chi connectivity index (χ3v) is 5.93.